The normalized spacial score (nSPS) is 25.4. The van der Waals surface area contributed by atoms with Gasteiger partial charge in [-0.15, -0.1) is 11.6 Å². The summed E-state index contributed by atoms with van der Waals surface area (Å²) in [6, 6.07) is 8.72. The van der Waals surface area contributed by atoms with Gasteiger partial charge in [-0.05, 0) is 72.9 Å². The fourth-order valence-corrected chi connectivity index (χ4v) is 5.24. The van der Waals surface area contributed by atoms with Gasteiger partial charge in [0.1, 0.15) is 0 Å². The molecule has 1 aromatic rings. The van der Waals surface area contributed by atoms with Crippen LogP contribution in [-0.2, 0) is 6.42 Å². The van der Waals surface area contributed by atoms with E-state index in [2.05, 4.69) is 68.3 Å². The SMILES string of the molecule is CC(C)[C@H](CN1CC[C@H](C2=CCC(Cl)C=C2)C(C)(C)C1)NCCc1ccc(Cl)cc1. The molecule has 2 aliphatic rings. The smallest absolute Gasteiger partial charge is 0.0553 e. The fraction of sp³-hybridized carbons (Fsp3) is 0.615. The maximum absolute atomic E-state index is 6.24. The molecule has 30 heavy (non-hydrogen) atoms. The summed E-state index contributed by atoms with van der Waals surface area (Å²) in [5, 5.41) is 4.80. The van der Waals surface area contributed by atoms with Crippen LogP contribution in [0.3, 0.4) is 0 Å². The Bertz CT molecular complexity index is 736. The highest BCUT2D eigenvalue weighted by atomic mass is 35.5. The number of hydrogen-bond donors (Lipinski definition) is 1. The summed E-state index contributed by atoms with van der Waals surface area (Å²) in [4.78, 5) is 2.67. The summed E-state index contributed by atoms with van der Waals surface area (Å²) in [5.41, 5.74) is 3.11. The van der Waals surface area contributed by atoms with E-state index in [0.29, 0.717) is 17.9 Å². The van der Waals surface area contributed by atoms with E-state index in [-0.39, 0.29) is 10.8 Å². The van der Waals surface area contributed by atoms with Gasteiger partial charge in [-0.2, -0.15) is 0 Å². The Morgan fingerprint density at radius 3 is 2.53 bits per heavy atom. The fourth-order valence-electron chi connectivity index (χ4n) is 4.95. The second-order valence-corrected chi connectivity index (χ2v) is 11.1. The first-order valence-electron chi connectivity index (χ1n) is 11.5. The van der Waals surface area contributed by atoms with Gasteiger partial charge < -0.3 is 10.2 Å². The van der Waals surface area contributed by atoms with Crippen molar-refractivity contribution in [3.8, 4) is 0 Å². The van der Waals surface area contributed by atoms with Crippen molar-refractivity contribution in [2.75, 3.05) is 26.2 Å². The topological polar surface area (TPSA) is 15.3 Å². The number of nitrogens with zero attached hydrogens (tertiary/aromatic N) is 1. The largest absolute Gasteiger partial charge is 0.312 e. The number of allylic oxidation sites excluding steroid dienone is 4. The number of hydrogen-bond acceptors (Lipinski definition) is 2. The minimum Gasteiger partial charge on any atom is -0.312 e. The number of benzene rings is 1. The Kier molecular flexibility index (Phi) is 8.49. The third kappa shape index (κ3) is 6.60. The number of nitrogens with one attached hydrogen (secondary N) is 1. The van der Waals surface area contributed by atoms with E-state index in [9.17, 15) is 0 Å². The first kappa shape index (κ1) is 23.9. The van der Waals surface area contributed by atoms with Gasteiger partial charge in [0.25, 0.3) is 0 Å². The molecule has 0 spiro atoms. The lowest BCUT2D eigenvalue weighted by Gasteiger charge is -2.46. The molecule has 1 fully saturated rings. The molecule has 0 bridgehead atoms. The minimum atomic E-state index is 0.169. The van der Waals surface area contributed by atoms with Crippen LogP contribution in [-0.4, -0.2) is 42.5 Å². The van der Waals surface area contributed by atoms with Crippen molar-refractivity contribution in [1.82, 2.24) is 10.2 Å². The molecular weight excluding hydrogens is 411 g/mol. The maximum Gasteiger partial charge on any atom is 0.0553 e. The van der Waals surface area contributed by atoms with Crippen molar-refractivity contribution >= 4 is 23.2 Å². The molecule has 3 rings (SSSR count). The summed E-state index contributed by atoms with van der Waals surface area (Å²) in [5.74, 6) is 1.24. The number of rotatable bonds is 8. The molecule has 1 aliphatic heterocycles. The van der Waals surface area contributed by atoms with Gasteiger partial charge in [0.15, 0.2) is 0 Å². The highest BCUT2D eigenvalue weighted by Gasteiger charge is 2.38. The summed E-state index contributed by atoms with van der Waals surface area (Å²) in [6.45, 7) is 14.0. The standard InChI is InChI=1S/C26H38Cl2N2/c1-19(2)25(29-15-13-20-5-9-22(27)10-6-20)17-30-16-14-24(26(3,4)18-30)21-7-11-23(28)12-8-21/h5-11,19,23-25,29H,12-18H2,1-4H3/t23?,24-,25+/m1/s1. The molecule has 1 heterocycles. The third-order valence-electron chi connectivity index (χ3n) is 6.78. The lowest BCUT2D eigenvalue weighted by atomic mass is 9.69. The second kappa shape index (κ2) is 10.7. The first-order valence-corrected chi connectivity index (χ1v) is 12.3. The van der Waals surface area contributed by atoms with E-state index >= 15 is 0 Å². The minimum absolute atomic E-state index is 0.169. The molecule has 1 aliphatic carbocycles. The summed E-state index contributed by atoms with van der Waals surface area (Å²) in [7, 11) is 0. The molecule has 1 aromatic carbocycles. The van der Waals surface area contributed by atoms with Gasteiger partial charge in [0.05, 0.1) is 5.38 Å². The zero-order chi connectivity index (χ0) is 21.7. The van der Waals surface area contributed by atoms with Crippen LogP contribution in [0.4, 0.5) is 0 Å². The summed E-state index contributed by atoms with van der Waals surface area (Å²) < 4.78 is 0. The Labute approximate surface area is 193 Å². The molecule has 4 heteroatoms. The van der Waals surface area contributed by atoms with E-state index in [1.165, 1.54) is 24.1 Å². The van der Waals surface area contributed by atoms with Gasteiger partial charge >= 0.3 is 0 Å². The Morgan fingerprint density at radius 2 is 1.93 bits per heavy atom. The summed E-state index contributed by atoms with van der Waals surface area (Å²) >= 11 is 12.2. The van der Waals surface area contributed by atoms with Crippen LogP contribution < -0.4 is 5.32 Å². The van der Waals surface area contributed by atoms with Gasteiger partial charge in [0, 0.05) is 24.2 Å². The van der Waals surface area contributed by atoms with E-state index in [0.717, 1.165) is 37.5 Å². The van der Waals surface area contributed by atoms with E-state index < -0.39 is 0 Å². The predicted molar refractivity (Wildman–Crippen MR) is 132 cm³/mol. The zero-order valence-electron chi connectivity index (χ0n) is 19.0. The number of piperidine rings is 1. The molecule has 3 atom stereocenters. The van der Waals surface area contributed by atoms with Crippen LogP contribution in [0.15, 0.2) is 48.1 Å². The molecule has 1 saturated heterocycles. The Hall–Kier alpha value is -0.800. The number of likely N-dealkylation sites (tertiary alicyclic amines) is 1. The second-order valence-electron chi connectivity index (χ2n) is 10.1. The van der Waals surface area contributed by atoms with Crippen LogP contribution in [0.5, 0.6) is 0 Å². The van der Waals surface area contributed by atoms with Gasteiger partial charge in [0.2, 0.25) is 0 Å². The quantitative estimate of drug-likeness (QED) is 0.466. The van der Waals surface area contributed by atoms with Crippen LogP contribution >= 0.6 is 23.2 Å². The highest BCUT2D eigenvalue weighted by molar-refractivity contribution is 6.30. The maximum atomic E-state index is 6.24. The summed E-state index contributed by atoms with van der Waals surface area (Å²) in [6.07, 6.45) is 10.0. The van der Waals surface area contributed by atoms with Crippen molar-refractivity contribution < 1.29 is 0 Å². The van der Waals surface area contributed by atoms with Crippen LogP contribution in [0, 0.1) is 17.3 Å². The molecule has 0 radical (unpaired) electrons. The van der Waals surface area contributed by atoms with Crippen LogP contribution in [0.25, 0.3) is 0 Å². The molecule has 0 amide bonds. The molecule has 0 saturated carbocycles. The van der Waals surface area contributed by atoms with Crippen molar-refractivity contribution in [3.63, 3.8) is 0 Å². The van der Waals surface area contributed by atoms with E-state index in [1.807, 2.05) is 12.1 Å². The molecule has 2 nitrogen and oxygen atoms in total. The Morgan fingerprint density at radius 1 is 1.20 bits per heavy atom. The third-order valence-corrected chi connectivity index (χ3v) is 7.36. The number of halogens is 2. The Balaban J connectivity index is 1.52. The van der Waals surface area contributed by atoms with Gasteiger partial charge in [-0.1, -0.05) is 69.7 Å². The van der Waals surface area contributed by atoms with Crippen molar-refractivity contribution in [2.45, 2.75) is 58.4 Å². The number of alkyl halides is 1. The van der Waals surface area contributed by atoms with Crippen LogP contribution in [0.2, 0.25) is 5.02 Å². The van der Waals surface area contributed by atoms with Crippen molar-refractivity contribution in [3.05, 3.63) is 58.7 Å². The monoisotopic (exact) mass is 448 g/mol. The highest BCUT2D eigenvalue weighted by Crippen LogP contribution is 2.41. The first-order chi connectivity index (χ1) is 14.2. The van der Waals surface area contributed by atoms with Gasteiger partial charge in [-0.3, -0.25) is 0 Å². The average Bonchev–Trinajstić information content (AvgIpc) is 2.69. The van der Waals surface area contributed by atoms with E-state index in [1.54, 1.807) is 0 Å². The van der Waals surface area contributed by atoms with Gasteiger partial charge in [-0.25, -0.2) is 0 Å². The zero-order valence-corrected chi connectivity index (χ0v) is 20.5. The molecule has 166 valence electrons. The van der Waals surface area contributed by atoms with Crippen molar-refractivity contribution in [1.29, 1.82) is 0 Å². The lowest BCUT2D eigenvalue weighted by Crippen LogP contribution is -2.52. The molecule has 1 unspecified atom stereocenters. The molecule has 1 N–H and O–H groups in total. The predicted octanol–water partition coefficient (Wildman–Crippen LogP) is 6.34. The van der Waals surface area contributed by atoms with Crippen molar-refractivity contribution in [2.24, 2.45) is 17.3 Å². The molecular formula is C26H38Cl2N2. The van der Waals surface area contributed by atoms with E-state index in [4.69, 9.17) is 23.2 Å². The average molecular weight is 450 g/mol. The van der Waals surface area contributed by atoms with Crippen LogP contribution in [0.1, 0.15) is 46.1 Å². The lowest BCUT2D eigenvalue weighted by molar-refractivity contribution is 0.0633. The molecule has 0 aromatic heterocycles.